The largest absolute Gasteiger partial charge is 0.356 e. The molecule has 0 spiro atoms. The van der Waals surface area contributed by atoms with Crippen LogP contribution in [0, 0.1) is 0 Å². The number of nitrogens with one attached hydrogen (secondary N) is 1. The fraction of sp³-hybridized carbons (Fsp3) is 0.800. The summed E-state index contributed by atoms with van der Waals surface area (Å²) in [5.74, 6) is 0.291. The number of hydrogen-bond donors (Lipinski definition) is 1. The number of alkyl halides is 1. The lowest BCUT2D eigenvalue weighted by atomic mass is 10.3. The van der Waals surface area contributed by atoms with Gasteiger partial charge < -0.3 is 10.2 Å². The zero-order valence-corrected chi connectivity index (χ0v) is 10.1. The smallest absolute Gasteiger partial charge is 0.224 e. The highest BCUT2D eigenvalue weighted by Crippen LogP contribution is 1.93. The highest BCUT2D eigenvalue weighted by Gasteiger charge is 2.09. The first kappa shape index (κ1) is 14.2. The van der Waals surface area contributed by atoms with Gasteiger partial charge in [0.05, 0.1) is 0 Å². The van der Waals surface area contributed by atoms with E-state index >= 15 is 0 Å². The fourth-order valence-corrected chi connectivity index (χ4v) is 1.39. The van der Waals surface area contributed by atoms with Crippen molar-refractivity contribution in [1.29, 1.82) is 0 Å². The molecule has 0 aromatic rings. The van der Waals surface area contributed by atoms with Crippen LogP contribution in [0.15, 0.2) is 0 Å². The molecule has 1 N–H and O–H groups in total. The van der Waals surface area contributed by atoms with E-state index in [2.05, 4.69) is 5.32 Å². The summed E-state index contributed by atoms with van der Waals surface area (Å²) in [6.45, 7) is 5.70. The molecular formula is C10H19ClN2O2. The van der Waals surface area contributed by atoms with E-state index in [1.807, 2.05) is 13.8 Å². The van der Waals surface area contributed by atoms with Crippen LogP contribution in [0.25, 0.3) is 0 Å². The van der Waals surface area contributed by atoms with E-state index in [0.29, 0.717) is 38.4 Å². The zero-order chi connectivity index (χ0) is 11.7. The number of amides is 2. The Labute approximate surface area is 96.0 Å². The van der Waals surface area contributed by atoms with Crippen LogP contribution in [0.2, 0.25) is 0 Å². The second-order valence-electron chi connectivity index (χ2n) is 3.10. The molecule has 15 heavy (non-hydrogen) atoms. The van der Waals surface area contributed by atoms with Crippen molar-refractivity contribution < 1.29 is 9.59 Å². The molecule has 0 aliphatic rings. The van der Waals surface area contributed by atoms with Crippen molar-refractivity contribution in [3.8, 4) is 0 Å². The number of hydrogen-bond acceptors (Lipinski definition) is 2. The Balaban J connectivity index is 3.67. The second-order valence-corrected chi connectivity index (χ2v) is 3.48. The minimum Gasteiger partial charge on any atom is -0.356 e. The van der Waals surface area contributed by atoms with E-state index in [1.54, 1.807) is 4.90 Å². The summed E-state index contributed by atoms with van der Waals surface area (Å²) >= 11 is 5.40. The van der Waals surface area contributed by atoms with Gasteiger partial charge in [0.25, 0.3) is 0 Å². The van der Waals surface area contributed by atoms with Crippen LogP contribution in [0.1, 0.15) is 26.7 Å². The van der Waals surface area contributed by atoms with Gasteiger partial charge in [-0.3, -0.25) is 9.59 Å². The molecule has 0 bridgehead atoms. The van der Waals surface area contributed by atoms with Crippen molar-refractivity contribution in [2.45, 2.75) is 26.7 Å². The first-order valence-corrected chi connectivity index (χ1v) is 5.79. The van der Waals surface area contributed by atoms with Gasteiger partial charge in [0.15, 0.2) is 0 Å². The van der Waals surface area contributed by atoms with Crippen molar-refractivity contribution in [1.82, 2.24) is 10.2 Å². The molecule has 0 unspecified atom stereocenters. The molecule has 2 amide bonds. The normalized spacial score (nSPS) is 9.80. The summed E-state index contributed by atoms with van der Waals surface area (Å²) in [5, 5.41) is 2.65. The third-order valence-corrected chi connectivity index (χ3v) is 2.29. The Morgan fingerprint density at radius 3 is 2.27 bits per heavy atom. The lowest BCUT2D eigenvalue weighted by Gasteiger charge is -2.18. The summed E-state index contributed by atoms with van der Waals surface area (Å²) in [4.78, 5) is 24.3. The summed E-state index contributed by atoms with van der Waals surface area (Å²) in [6, 6.07) is 0. The van der Waals surface area contributed by atoms with Crippen LogP contribution in [0.3, 0.4) is 0 Å². The summed E-state index contributed by atoms with van der Waals surface area (Å²) in [6.07, 6.45) is 0.663. The minimum absolute atomic E-state index is 0.0752. The molecule has 0 radical (unpaired) electrons. The van der Waals surface area contributed by atoms with Gasteiger partial charge in [0.1, 0.15) is 0 Å². The maximum absolute atomic E-state index is 11.5. The van der Waals surface area contributed by atoms with Gasteiger partial charge in [-0.25, -0.2) is 0 Å². The lowest BCUT2D eigenvalue weighted by molar-refractivity contribution is -0.130. The van der Waals surface area contributed by atoms with Gasteiger partial charge in [-0.1, -0.05) is 0 Å². The van der Waals surface area contributed by atoms with Crippen LogP contribution in [-0.4, -0.2) is 42.2 Å². The molecule has 0 rings (SSSR count). The van der Waals surface area contributed by atoms with E-state index in [1.165, 1.54) is 0 Å². The topological polar surface area (TPSA) is 49.4 Å². The second kappa shape index (κ2) is 8.53. The molecule has 5 heteroatoms. The van der Waals surface area contributed by atoms with Crippen LogP contribution in [0.5, 0.6) is 0 Å². The average Bonchev–Trinajstić information content (AvgIpc) is 2.20. The predicted molar refractivity (Wildman–Crippen MR) is 60.9 cm³/mol. The maximum atomic E-state index is 11.5. The molecule has 0 fully saturated rings. The summed E-state index contributed by atoms with van der Waals surface area (Å²) in [5.41, 5.74) is 0. The monoisotopic (exact) mass is 234 g/mol. The molecule has 0 aliphatic heterocycles. The zero-order valence-electron chi connectivity index (χ0n) is 9.38. The minimum atomic E-state index is -0.0997. The number of rotatable bonds is 7. The summed E-state index contributed by atoms with van der Waals surface area (Å²) in [7, 11) is 0. The first-order valence-electron chi connectivity index (χ1n) is 5.26. The third kappa shape index (κ3) is 6.33. The maximum Gasteiger partial charge on any atom is 0.224 e. The van der Waals surface area contributed by atoms with Gasteiger partial charge in [-0.15, -0.1) is 11.6 Å². The highest BCUT2D eigenvalue weighted by atomic mass is 35.5. The molecular weight excluding hydrogens is 216 g/mol. The number of nitrogens with zero attached hydrogens (tertiary/aromatic N) is 1. The number of halogens is 1. The Hall–Kier alpha value is -0.770. The number of carbonyl (C=O) groups excluding carboxylic acids is 2. The Morgan fingerprint density at radius 2 is 1.80 bits per heavy atom. The number of carbonyl (C=O) groups is 2. The summed E-state index contributed by atoms with van der Waals surface area (Å²) < 4.78 is 0. The molecule has 0 atom stereocenters. The van der Waals surface area contributed by atoms with Crippen LogP contribution < -0.4 is 5.32 Å². The van der Waals surface area contributed by atoms with Crippen LogP contribution in [-0.2, 0) is 9.59 Å². The molecule has 0 aromatic heterocycles. The average molecular weight is 235 g/mol. The van der Waals surface area contributed by atoms with Crippen molar-refractivity contribution in [3.05, 3.63) is 0 Å². The van der Waals surface area contributed by atoms with Crippen LogP contribution >= 0.6 is 11.6 Å². The Bertz CT molecular complexity index is 206. The predicted octanol–water partition coefficient (Wildman–Crippen LogP) is 0.990. The van der Waals surface area contributed by atoms with Gasteiger partial charge in [-0.2, -0.15) is 0 Å². The van der Waals surface area contributed by atoms with E-state index in [9.17, 15) is 9.59 Å². The Kier molecular flexibility index (Phi) is 8.09. The van der Waals surface area contributed by atoms with Gasteiger partial charge in [0.2, 0.25) is 11.8 Å². The van der Waals surface area contributed by atoms with Crippen molar-refractivity contribution in [2.75, 3.05) is 25.5 Å². The molecule has 0 saturated carbocycles. The SMILES string of the molecule is CCN(CC)C(=O)CCNC(=O)CCCl. The molecule has 4 nitrogen and oxygen atoms in total. The first-order chi connectivity index (χ1) is 7.15. The van der Waals surface area contributed by atoms with E-state index in [0.717, 1.165) is 0 Å². The quantitative estimate of drug-likeness (QED) is 0.668. The molecule has 88 valence electrons. The Morgan fingerprint density at radius 1 is 1.20 bits per heavy atom. The molecule has 0 aliphatic carbocycles. The van der Waals surface area contributed by atoms with E-state index in [-0.39, 0.29) is 11.8 Å². The van der Waals surface area contributed by atoms with Crippen LogP contribution in [0.4, 0.5) is 0 Å². The van der Waals surface area contributed by atoms with Gasteiger partial charge in [0, 0.05) is 38.4 Å². The third-order valence-electron chi connectivity index (χ3n) is 2.10. The standard InChI is InChI=1S/C10H19ClN2O2/c1-3-13(4-2)10(15)6-8-12-9(14)5-7-11/h3-8H2,1-2H3,(H,12,14). The fourth-order valence-electron chi connectivity index (χ4n) is 1.22. The van der Waals surface area contributed by atoms with Crippen molar-refractivity contribution in [2.24, 2.45) is 0 Å². The highest BCUT2D eigenvalue weighted by molar-refractivity contribution is 6.18. The lowest BCUT2D eigenvalue weighted by Crippen LogP contribution is -2.34. The van der Waals surface area contributed by atoms with Crippen molar-refractivity contribution in [3.63, 3.8) is 0 Å². The van der Waals surface area contributed by atoms with Gasteiger partial charge >= 0.3 is 0 Å². The molecule has 0 aromatic carbocycles. The van der Waals surface area contributed by atoms with Crippen molar-refractivity contribution >= 4 is 23.4 Å². The molecule has 0 heterocycles. The van der Waals surface area contributed by atoms with Gasteiger partial charge in [-0.05, 0) is 13.8 Å². The van der Waals surface area contributed by atoms with E-state index < -0.39 is 0 Å². The molecule has 0 saturated heterocycles. The van der Waals surface area contributed by atoms with E-state index in [4.69, 9.17) is 11.6 Å².